The molecule has 1 aromatic rings. The summed E-state index contributed by atoms with van der Waals surface area (Å²) in [5.74, 6) is 0.267. The molecule has 15 heavy (non-hydrogen) atoms. The summed E-state index contributed by atoms with van der Waals surface area (Å²) in [7, 11) is 0. The summed E-state index contributed by atoms with van der Waals surface area (Å²) in [6, 6.07) is 4.06. The van der Waals surface area contributed by atoms with Crippen LogP contribution in [0, 0.1) is 0 Å². The molecular weight excluding hydrogens is 215 g/mol. The fraction of sp³-hybridized carbons (Fsp3) is 0.545. The number of aromatic nitrogens is 1. The van der Waals surface area contributed by atoms with Gasteiger partial charge in [-0.2, -0.15) is 0 Å². The summed E-state index contributed by atoms with van der Waals surface area (Å²) >= 11 is 5.73. The van der Waals surface area contributed by atoms with Crippen LogP contribution in [0.25, 0.3) is 0 Å². The van der Waals surface area contributed by atoms with Gasteiger partial charge in [0.25, 0.3) is 0 Å². The van der Waals surface area contributed by atoms with E-state index < -0.39 is 6.17 Å². The number of fused-ring (bicyclic) bond motifs is 2. The molecule has 2 saturated heterocycles. The molecule has 2 fully saturated rings. The Morgan fingerprint density at radius 2 is 2.27 bits per heavy atom. The lowest BCUT2D eigenvalue weighted by molar-refractivity contribution is 0.258. The predicted octanol–water partition coefficient (Wildman–Crippen LogP) is 2.29. The van der Waals surface area contributed by atoms with E-state index in [-0.39, 0.29) is 12.0 Å². The summed E-state index contributed by atoms with van der Waals surface area (Å²) < 4.78 is 13.5. The molecule has 0 saturated carbocycles. The van der Waals surface area contributed by atoms with Crippen molar-refractivity contribution in [1.29, 1.82) is 0 Å². The molecule has 0 radical (unpaired) electrons. The first-order chi connectivity index (χ1) is 7.24. The van der Waals surface area contributed by atoms with Crippen LogP contribution in [0.4, 0.5) is 4.39 Å². The molecule has 1 N–H and O–H groups in total. The zero-order valence-electron chi connectivity index (χ0n) is 8.16. The highest BCUT2D eigenvalue weighted by Gasteiger charge is 2.46. The molecule has 4 unspecified atom stereocenters. The third-order valence-electron chi connectivity index (χ3n) is 3.48. The molecule has 4 atom stereocenters. The van der Waals surface area contributed by atoms with Crippen molar-refractivity contribution in [2.45, 2.75) is 37.0 Å². The lowest BCUT2D eigenvalue weighted by atomic mass is 9.84. The zero-order chi connectivity index (χ0) is 10.4. The number of hydrogen-bond donors (Lipinski definition) is 1. The Bertz CT molecular complexity index is 367. The molecular formula is C11H12ClFN2. The molecule has 3 rings (SSSR count). The van der Waals surface area contributed by atoms with E-state index in [0.29, 0.717) is 17.6 Å². The fourth-order valence-corrected chi connectivity index (χ4v) is 2.91. The van der Waals surface area contributed by atoms with E-state index in [1.54, 1.807) is 12.3 Å². The molecule has 2 aliphatic heterocycles. The summed E-state index contributed by atoms with van der Waals surface area (Å²) in [5, 5.41) is 3.80. The second-order valence-electron chi connectivity index (χ2n) is 4.40. The minimum absolute atomic E-state index is 0.0158. The van der Waals surface area contributed by atoms with Gasteiger partial charge in [0.1, 0.15) is 11.3 Å². The molecule has 1 aromatic heterocycles. The Morgan fingerprint density at radius 1 is 1.40 bits per heavy atom. The Hall–Kier alpha value is -0.670. The highest BCUT2D eigenvalue weighted by Crippen LogP contribution is 2.41. The van der Waals surface area contributed by atoms with Gasteiger partial charge in [-0.05, 0) is 24.5 Å². The van der Waals surface area contributed by atoms with E-state index in [0.717, 1.165) is 12.0 Å². The van der Waals surface area contributed by atoms with Crippen molar-refractivity contribution in [2.24, 2.45) is 0 Å². The largest absolute Gasteiger partial charge is 0.308 e. The SMILES string of the molecule is FC1CC2CC(c3ccc(Cl)nc3)C1N2. The first kappa shape index (κ1) is 9.55. The number of pyridine rings is 1. The summed E-state index contributed by atoms with van der Waals surface area (Å²) in [6.07, 6.45) is 2.75. The minimum atomic E-state index is -0.704. The van der Waals surface area contributed by atoms with E-state index in [9.17, 15) is 4.39 Å². The van der Waals surface area contributed by atoms with Gasteiger partial charge in [0.05, 0.1) is 0 Å². The summed E-state index contributed by atoms with van der Waals surface area (Å²) in [4.78, 5) is 4.05. The minimum Gasteiger partial charge on any atom is -0.308 e. The summed E-state index contributed by atoms with van der Waals surface area (Å²) in [5.41, 5.74) is 1.10. The molecule has 4 heteroatoms. The average Bonchev–Trinajstić information content (AvgIpc) is 2.77. The highest BCUT2D eigenvalue weighted by atomic mass is 35.5. The number of halogens is 2. The third-order valence-corrected chi connectivity index (χ3v) is 3.70. The Labute approximate surface area is 92.8 Å². The monoisotopic (exact) mass is 226 g/mol. The Balaban J connectivity index is 1.86. The van der Waals surface area contributed by atoms with Crippen molar-refractivity contribution in [3.63, 3.8) is 0 Å². The van der Waals surface area contributed by atoms with Crippen molar-refractivity contribution in [1.82, 2.24) is 10.3 Å². The topological polar surface area (TPSA) is 24.9 Å². The summed E-state index contributed by atoms with van der Waals surface area (Å²) in [6.45, 7) is 0. The van der Waals surface area contributed by atoms with Crippen LogP contribution in [0.1, 0.15) is 24.3 Å². The van der Waals surface area contributed by atoms with E-state index >= 15 is 0 Å². The quantitative estimate of drug-likeness (QED) is 0.744. The maximum atomic E-state index is 13.5. The second kappa shape index (κ2) is 3.42. The molecule has 0 amide bonds. The first-order valence-electron chi connectivity index (χ1n) is 5.25. The number of rotatable bonds is 1. The van der Waals surface area contributed by atoms with Crippen LogP contribution in [0.15, 0.2) is 18.3 Å². The van der Waals surface area contributed by atoms with Gasteiger partial charge < -0.3 is 5.32 Å². The average molecular weight is 227 g/mol. The normalized spacial score (nSPS) is 38.5. The number of nitrogens with one attached hydrogen (secondary N) is 1. The van der Waals surface area contributed by atoms with Crippen LogP contribution in [0.3, 0.4) is 0 Å². The van der Waals surface area contributed by atoms with E-state index in [2.05, 4.69) is 10.3 Å². The van der Waals surface area contributed by atoms with E-state index in [1.165, 1.54) is 0 Å². The smallest absolute Gasteiger partial charge is 0.129 e. The van der Waals surface area contributed by atoms with Gasteiger partial charge in [-0.1, -0.05) is 17.7 Å². The molecule has 0 aliphatic carbocycles. The second-order valence-corrected chi connectivity index (χ2v) is 4.78. The maximum absolute atomic E-state index is 13.5. The Morgan fingerprint density at radius 3 is 2.87 bits per heavy atom. The molecule has 2 aliphatic rings. The molecule has 0 spiro atoms. The zero-order valence-corrected chi connectivity index (χ0v) is 8.91. The highest BCUT2D eigenvalue weighted by molar-refractivity contribution is 6.29. The van der Waals surface area contributed by atoms with Crippen molar-refractivity contribution >= 4 is 11.6 Å². The van der Waals surface area contributed by atoms with Crippen LogP contribution in [0.2, 0.25) is 5.15 Å². The maximum Gasteiger partial charge on any atom is 0.129 e. The van der Waals surface area contributed by atoms with Crippen molar-refractivity contribution in [3.8, 4) is 0 Å². The van der Waals surface area contributed by atoms with Gasteiger partial charge >= 0.3 is 0 Å². The van der Waals surface area contributed by atoms with Gasteiger partial charge in [0.2, 0.25) is 0 Å². The van der Waals surface area contributed by atoms with Gasteiger partial charge in [-0.15, -0.1) is 0 Å². The standard InChI is InChI=1S/C11H12ClFN2/c12-10-2-1-6(5-14-10)8-3-7-4-9(13)11(8)15-7/h1-2,5,7-9,11,15H,3-4H2. The lowest BCUT2D eigenvalue weighted by Gasteiger charge is -2.23. The van der Waals surface area contributed by atoms with Gasteiger partial charge in [-0.3, -0.25) is 0 Å². The van der Waals surface area contributed by atoms with Crippen LogP contribution in [-0.2, 0) is 0 Å². The molecule has 3 heterocycles. The van der Waals surface area contributed by atoms with E-state index in [4.69, 9.17) is 11.6 Å². The van der Waals surface area contributed by atoms with Gasteiger partial charge in [0.15, 0.2) is 0 Å². The molecule has 2 nitrogen and oxygen atoms in total. The Kier molecular flexibility index (Phi) is 2.18. The first-order valence-corrected chi connectivity index (χ1v) is 5.63. The molecule has 80 valence electrons. The number of alkyl halides is 1. The van der Waals surface area contributed by atoms with Crippen molar-refractivity contribution in [2.75, 3.05) is 0 Å². The number of hydrogen-bond acceptors (Lipinski definition) is 2. The van der Waals surface area contributed by atoms with Crippen LogP contribution in [-0.4, -0.2) is 23.2 Å². The fourth-order valence-electron chi connectivity index (χ4n) is 2.80. The molecule has 0 aromatic carbocycles. The van der Waals surface area contributed by atoms with Crippen molar-refractivity contribution in [3.05, 3.63) is 29.0 Å². The van der Waals surface area contributed by atoms with Crippen LogP contribution >= 0.6 is 11.6 Å². The lowest BCUT2D eigenvalue weighted by Crippen LogP contribution is -2.29. The van der Waals surface area contributed by atoms with Crippen molar-refractivity contribution < 1.29 is 4.39 Å². The predicted molar refractivity (Wildman–Crippen MR) is 56.8 cm³/mol. The van der Waals surface area contributed by atoms with Gasteiger partial charge in [-0.25, -0.2) is 9.37 Å². The number of nitrogens with zero attached hydrogens (tertiary/aromatic N) is 1. The third kappa shape index (κ3) is 1.54. The van der Waals surface area contributed by atoms with E-state index in [1.807, 2.05) is 6.07 Å². The van der Waals surface area contributed by atoms with Gasteiger partial charge in [0, 0.05) is 24.2 Å². The van der Waals surface area contributed by atoms with Crippen LogP contribution in [0.5, 0.6) is 0 Å². The molecule has 2 bridgehead atoms. The van der Waals surface area contributed by atoms with Crippen LogP contribution < -0.4 is 5.32 Å².